The number of likely N-dealkylation sites (tertiary alicyclic amines) is 1. The Hall–Kier alpha value is -2.73. The van der Waals surface area contributed by atoms with Crippen molar-refractivity contribution in [2.45, 2.75) is 31.2 Å². The molecule has 2 aromatic rings. The van der Waals surface area contributed by atoms with Crippen LogP contribution in [-0.4, -0.2) is 30.2 Å². The number of ether oxygens (including phenoxy) is 1. The van der Waals surface area contributed by atoms with Gasteiger partial charge in [-0.2, -0.15) is 0 Å². The van der Waals surface area contributed by atoms with Crippen LogP contribution in [-0.2, 0) is 4.74 Å². The van der Waals surface area contributed by atoms with Crippen LogP contribution < -0.4 is 0 Å². The molecule has 126 valence electrons. The molecule has 1 fully saturated rings. The lowest BCUT2D eigenvalue weighted by Crippen LogP contribution is -2.43. The third kappa shape index (κ3) is 2.78. The van der Waals surface area contributed by atoms with Crippen molar-refractivity contribution in [3.8, 4) is 23.5 Å². The zero-order valence-corrected chi connectivity index (χ0v) is 14.2. The van der Waals surface area contributed by atoms with Gasteiger partial charge < -0.3 is 4.74 Å². The maximum atomic E-state index is 12.6. The number of hydrogen-bond donors (Lipinski definition) is 0. The fourth-order valence-corrected chi connectivity index (χ4v) is 4.00. The lowest BCUT2D eigenvalue weighted by Gasteiger charge is -2.32. The minimum atomic E-state index is -0.287. The molecular weight excluding hydrogens is 310 g/mol. The molecule has 0 N–H and O–H groups in total. The van der Waals surface area contributed by atoms with Gasteiger partial charge >= 0.3 is 6.09 Å². The molecule has 4 rings (SSSR count). The fourth-order valence-electron chi connectivity index (χ4n) is 4.00. The van der Waals surface area contributed by atoms with E-state index in [1.165, 1.54) is 22.3 Å². The summed E-state index contributed by atoms with van der Waals surface area (Å²) >= 11 is 0. The van der Waals surface area contributed by atoms with Crippen LogP contribution in [0.4, 0.5) is 4.79 Å². The Kier molecular flexibility index (Phi) is 4.19. The Balaban J connectivity index is 1.53. The summed E-state index contributed by atoms with van der Waals surface area (Å²) < 4.78 is 5.70. The molecule has 1 unspecified atom stereocenters. The van der Waals surface area contributed by atoms with Crippen molar-refractivity contribution < 1.29 is 9.53 Å². The van der Waals surface area contributed by atoms with Crippen molar-refractivity contribution in [2.24, 2.45) is 0 Å². The first-order chi connectivity index (χ1) is 12.3. The van der Waals surface area contributed by atoms with Gasteiger partial charge in [-0.3, -0.25) is 4.90 Å². The van der Waals surface area contributed by atoms with E-state index in [9.17, 15) is 4.79 Å². The molecule has 1 atom stereocenters. The maximum Gasteiger partial charge on any atom is 0.410 e. The van der Waals surface area contributed by atoms with Gasteiger partial charge in [-0.05, 0) is 41.5 Å². The second-order valence-corrected chi connectivity index (χ2v) is 6.68. The molecule has 1 aliphatic heterocycles. The Labute approximate surface area is 148 Å². The van der Waals surface area contributed by atoms with Gasteiger partial charge in [-0.15, -0.1) is 6.42 Å². The molecule has 0 radical (unpaired) electrons. The summed E-state index contributed by atoms with van der Waals surface area (Å²) in [5.41, 5.74) is 4.92. The van der Waals surface area contributed by atoms with E-state index in [0.29, 0.717) is 13.2 Å². The van der Waals surface area contributed by atoms with Crippen molar-refractivity contribution in [3.05, 3.63) is 59.7 Å². The molecular formula is C22H21NO2. The van der Waals surface area contributed by atoms with Crippen molar-refractivity contribution in [1.82, 2.24) is 4.90 Å². The Morgan fingerprint density at radius 3 is 2.36 bits per heavy atom. The monoisotopic (exact) mass is 331 g/mol. The largest absolute Gasteiger partial charge is 0.448 e. The van der Waals surface area contributed by atoms with Gasteiger partial charge in [0, 0.05) is 12.5 Å². The SMILES string of the molecule is C#CC1CCCCN1C(=O)OCC1c2ccccc2-c2ccccc21. The van der Waals surface area contributed by atoms with Crippen LogP contribution in [0.1, 0.15) is 36.3 Å². The molecule has 3 heteroatoms. The van der Waals surface area contributed by atoms with Crippen LogP contribution in [0.25, 0.3) is 11.1 Å². The highest BCUT2D eigenvalue weighted by Gasteiger charge is 2.31. The van der Waals surface area contributed by atoms with Gasteiger partial charge in [0.2, 0.25) is 0 Å². The third-order valence-electron chi connectivity index (χ3n) is 5.27. The van der Waals surface area contributed by atoms with Crippen LogP contribution in [0, 0.1) is 12.3 Å². The standard InChI is InChI=1S/C22H21NO2/c1-2-16-9-7-8-14-23(16)22(24)25-15-21-19-12-5-3-10-17(19)18-11-4-6-13-20(18)21/h1,3-6,10-13,16,21H,7-9,14-15H2. The summed E-state index contributed by atoms with van der Waals surface area (Å²) in [6.45, 7) is 1.03. The minimum absolute atomic E-state index is 0.0884. The van der Waals surface area contributed by atoms with Crippen LogP contribution in [0.15, 0.2) is 48.5 Å². The molecule has 0 saturated carbocycles. The van der Waals surface area contributed by atoms with Crippen molar-refractivity contribution in [1.29, 1.82) is 0 Å². The summed E-state index contributed by atoms with van der Waals surface area (Å²) in [5.74, 6) is 2.81. The Bertz CT molecular complexity index is 790. The van der Waals surface area contributed by atoms with E-state index in [1.807, 2.05) is 12.1 Å². The normalized spacial score (nSPS) is 19.0. The number of nitrogens with zero attached hydrogens (tertiary/aromatic N) is 1. The average Bonchev–Trinajstić information content (AvgIpc) is 3.00. The second kappa shape index (κ2) is 6.64. The Morgan fingerprint density at radius 2 is 1.72 bits per heavy atom. The molecule has 1 saturated heterocycles. The number of rotatable bonds is 2. The second-order valence-electron chi connectivity index (χ2n) is 6.68. The molecule has 0 aromatic heterocycles. The highest BCUT2D eigenvalue weighted by atomic mass is 16.6. The summed E-state index contributed by atoms with van der Waals surface area (Å²) in [7, 11) is 0. The van der Waals surface area contributed by atoms with E-state index in [-0.39, 0.29) is 18.1 Å². The fraction of sp³-hybridized carbons (Fsp3) is 0.318. The predicted molar refractivity (Wildman–Crippen MR) is 98.2 cm³/mol. The first-order valence-electron chi connectivity index (χ1n) is 8.87. The van der Waals surface area contributed by atoms with Crippen LogP contribution in [0.2, 0.25) is 0 Å². The highest BCUT2D eigenvalue weighted by molar-refractivity contribution is 5.79. The molecule has 2 aliphatic rings. The summed E-state index contributed by atoms with van der Waals surface area (Å²) in [4.78, 5) is 14.3. The Morgan fingerprint density at radius 1 is 1.08 bits per heavy atom. The number of amides is 1. The number of fused-ring (bicyclic) bond motifs is 3. The maximum absolute atomic E-state index is 12.6. The van der Waals surface area contributed by atoms with Gasteiger partial charge in [-0.25, -0.2) is 4.79 Å². The minimum Gasteiger partial charge on any atom is -0.448 e. The van der Waals surface area contributed by atoms with E-state index in [2.05, 4.69) is 42.3 Å². The van der Waals surface area contributed by atoms with E-state index >= 15 is 0 Å². The predicted octanol–water partition coefficient (Wildman–Crippen LogP) is 4.42. The third-order valence-corrected chi connectivity index (χ3v) is 5.27. The topological polar surface area (TPSA) is 29.5 Å². The van der Waals surface area contributed by atoms with Gasteiger partial charge in [0.1, 0.15) is 6.61 Å². The van der Waals surface area contributed by atoms with E-state index in [0.717, 1.165) is 19.3 Å². The molecule has 1 heterocycles. The van der Waals surface area contributed by atoms with Crippen LogP contribution >= 0.6 is 0 Å². The molecule has 1 amide bonds. The number of carbonyl (C=O) groups is 1. The highest BCUT2D eigenvalue weighted by Crippen LogP contribution is 2.44. The van der Waals surface area contributed by atoms with Gasteiger partial charge in [0.25, 0.3) is 0 Å². The number of benzene rings is 2. The van der Waals surface area contributed by atoms with E-state index in [1.54, 1.807) is 4.90 Å². The molecule has 25 heavy (non-hydrogen) atoms. The van der Waals surface area contributed by atoms with E-state index < -0.39 is 0 Å². The van der Waals surface area contributed by atoms with Gasteiger partial charge in [0.05, 0.1) is 6.04 Å². The number of hydrogen-bond acceptors (Lipinski definition) is 2. The van der Waals surface area contributed by atoms with Gasteiger partial charge in [0.15, 0.2) is 0 Å². The van der Waals surface area contributed by atoms with Crippen LogP contribution in [0.3, 0.4) is 0 Å². The zero-order chi connectivity index (χ0) is 17.2. The van der Waals surface area contributed by atoms with Crippen molar-refractivity contribution in [2.75, 3.05) is 13.2 Å². The summed E-state index contributed by atoms with van der Waals surface area (Å²) in [6, 6.07) is 16.6. The quantitative estimate of drug-likeness (QED) is 0.762. The van der Waals surface area contributed by atoms with Gasteiger partial charge in [-0.1, -0.05) is 54.5 Å². The van der Waals surface area contributed by atoms with Crippen molar-refractivity contribution >= 4 is 6.09 Å². The van der Waals surface area contributed by atoms with Crippen molar-refractivity contribution in [3.63, 3.8) is 0 Å². The molecule has 0 bridgehead atoms. The number of carbonyl (C=O) groups excluding carboxylic acids is 1. The summed E-state index contributed by atoms with van der Waals surface area (Å²) in [6.07, 6.45) is 8.21. The first-order valence-corrected chi connectivity index (χ1v) is 8.87. The molecule has 0 spiro atoms. The van der Waals surface area contributed by atoms with Crippen LogP contribution in [0.5, 0.6) is 0 Å². The molecule has 1 aliphatic carbocycles. The first kappa shape index (κ1) is 15.8. The average molecular weight is 331 g/mol. The number of piperidine rings is 1. The summed E-state index contributed by atoms with van der Waals surface area (Å²) in [5, 5.41) is 0. The molecule has 3 nitrogen and oxygen atoms in total. The molecule has 2 aromatic carbocycles. The smallest absolute Gasteiger partial charge is 0.410 e. The lowest BCUT2D eigenvalue weighted by molar-refractivity contribution is 0.0825. The number of terminal acetylenes is 1. The van der Waals surface area contributed by atoms with E-state index in [4.69, 9.17) is 11.2 Å². The zero-order valence-electron chi connectivity index (χ0n) is 14.2. The lowest BCUT2D eigenvalue weighted by atomic mass is 9.98.